The fourth-order valence-electron chi connectivity index (χ4n) is 3.36. The lowest BCUT2D eigenvalue weighted by molar-refractivity contribution is 0.0950. The Hall–Kier alpha value is -3.84. The fourth-order valence-corrected chi connectivity index (χ4v) is 4.31. The van der Waals surface area contributed by atoms with Crippen molar-refractivity contribution in [3.8, 4) is 0 Å². The summed E-state index contributed by atoms with van der Waals surface area (Å²) in [5, 5.41) is 3.57. The van der Waals surface area contributed by atoms with Crippen LogP contribution in [-0.4, -0.2) is 21.6 Å². The highest BCUT2D eigenvalue weighted by Crippen LogP contribution is 2.40. The molecule has 5 rings (SSSR count). The molecular weight excluding hydrogens is 423 g/mol. The van der Waals surface area contributed by atoms with Gasteiger partial charge in [0.2, 0.25) is 0 Å². The molecule has 0 radical (unpaired) electrons. The molecular formula is C25H17FN4OS. The van der Waals surface area contributed by atoms with Gasteiger partial charge < -0.3 is 5.32 Å². The van der Waals surface area contributed by atoms with E-state index in [0.29, 0.717) is 28.5 Å². The van der Waals surface area contributed by atoms with Gasteiger partial charge in [-0.05, 0) is 48.5 Å². The lowest BCUT2D eigenvalue weighted by Crippen LogP contribution is -2.23. The molecule has 0 saturated heterocycles. The van der Waals surface area contributed by atoms with Gasteiger partial charge in [0.1, 0.15) is 10.8 Å². The number of carbonyl (C=O) groups is 1. The molecule has 2 aromatic heterocycles. The second kappa shape index (κ2) is 8.72. The summed E-state index contributed by atoms with van der Waals surface area (Å²) in [7, 11) is 0. The van der Waals surface area contributed by atoms with E-state index in [2.05, 4.69) is 15.3 Å². The molecule has 4 aromatic rings. The Labute approximate surface area is 188 Å². The van der Waals surface area contributed by atoms with Crippen molar-refractivity contribution in [1.82, 2.24) is 15.3 Å². The van der Waals surface area contributed by atoms with Crippen molar-refractivity contribution in [3.05, 3.63) is 113 Å². The Bertz CT molecular complexity index is 1320. The van der Waals surface area contributed by atoms with Crippen LogP contribution in [-0.2, 0) is 6.54 Å². The first kappa shape index (κ1) is 20.1. The van der Waals surface area contributed by atoms with Crippen molar-refractivity contribution in [2.45, 2.75) is 16.5 Å². The summed E-state index contributed by atoms with van der Waals surface area (Å²) in [4.78, 5) is 27.3. The highest BCUT2D eigenvalue weighted by atomic mass is 32.2. The highest BCUT2D eigenvalue weighted by Gasteiger charge is 2.21. The van der Waals surface area contributed by atoms with Crippen molar-refractivity contribution in [2.75, 3.05) is 0 Å². The third-order valence-electron chi connectivity index (χ3n) is 4.95. The summed E-state index contributed by atoms with van der Waals surface area (Å²) in [5.41, 5.74) is 4.20. The minimum absolute atomic E-state index is 0.253. The second-order valence-corrected chi connectivity index (χ2v) is 8.15. The van der Waals surface area contributed by atoms with Crippen LogP contribution in [0.25, 0.3) is 0 Å². The number of hydrogen-bond acceptors (Lipinski definition) is 5. The van der Waals surface area contributed by atoms with E-state index in [0.717, 1.165) is 21.7 Å². The Morgan fingerprint density at radius 1 is 0.969 bits per heavy atom. The molecule has 2 aromatic carbocycles. The lowest BCUT2D eigenvalue weighted by atomic mass is 10.0. The minimum atomic E-state index is -0.306. The van der Waals surface area contributed by atoms with Crippen molar-refractivity contribution in [1.29, 1.82) is 0 Å². The number of amides is 1. The molecule has 7 heteroatoms. The molecule has 0 atom stereocenters. The van der Waals surface area contributed by atoms with E-state index < -0.39 is 0 Å². The van der Waals surface area contributed by atoms with Gasteiger partial charge in [0, 0.05) is 28.4 Å². The number of aliphatic imine (C=N–C) groups is 1. The first-order valence-electron chi connectivity index (χ1n) is 9.97. The maximum Gasteiger partial charge on any atom is 0.253 e. The third-order valence-corrected chi connectivity index (χ3v) is 6.03. The summed E-state index contributed by atoms with van der Waals surface area (Å²) >= 11 is 1.49. The highest BCUT2D eigenvalue weighted by molar-refractivity contribution is 7.99. The molecule has 0 fully saturated rings. The molecule has 156 valence electrons. The van der Waals surface area contributed by atoms with Crippen LogP contribution in [0.4, 0.5) is 10.1 Å². The summed E-state index contributed by atoms with van der Waals surface area (Å²) < 4.78 is 13.5. The Morgan fingerprint density at radius 3 is 2.59 bits per heavy atom. The Kier molecular flexibility index (Phi) is 5.47. The molecule has 1 aliphatic rings. The topological polar surface area (TPSA) is 67.2 Å². The van der Waals surface area contributed by atoms with E-state index >= 15 is 0 Å². The number of aromatic nitrogens is 2. The zero-order valence-electron chi connectivity index (χ0n) is 16.8. The predicted octanol–water partition coefficient (Wildman–Crippen LogP) is 5.18. The largest absolute Gasteiger partial charge is 0.346 e. The Balaban J connectivity index is 1.51. The standard InChI is InChI=1S/C25H17FN4OS/c26-18-10-8-16(9-11-18)23-20-6-1-2-7-22(20)32-25-21(30-23)13-17(14-29-25)24(31)28-15-19-5-3-4-12-27-19/h1-14H,15H2,(H,28,31). The smallest absolute Gasteiger partial charge is 0.253 e. The average molecular weight is 441 g/mol. The molecule has 5 nitrogen and oxygen atoms in total. The van der Waals surface area contributed by atoms with Crippen molar-refractivity contribution >= 4 is 29.1 Å². The number of halogens is 1. The number of nitrogens with zero attached hydrogens (tertiary/aromatic N) is 3. The predicted molar refractivity (Wildman–Crippen MR) is 122 cm³/mol. The summed E-state index contributed by atoms with van der Waals surface area (Å²) in [5.74, 6) is -0.559. The number of hydrogen-bond donors (Lipinski definition) is 1. The number of nitrogens with one attached hydrogen (secondary N) is 1. The van der Waals surface area contributed by atoms with Crippen LogP contribution in [0.1, 0.15) is 27.2 Å². The van der Waals surface area contributed by atoms with Gasteiger partial charge in [-0.3, -0.25) is 9.78 Å². The van der Waals surface area contributed by atoms with Gasteiger partial charge in [0.05, 0.1) is 29.2 Å². The molecule has 0 bridgehead atoms. The molecule has 1 N–H and O–H groups in total. The molecule has 32 heavy (non-hydrogen) atoms. The molecule has 0 spiro atoms. The summed E-state index contributed by atoms with van der Waals surface area (Å²) in [6.07, 6.45) is 3.24. The van der Waals surface area contributed by atoms with Gasteiger partial charge in [-0.1, -0.05) is 36.0 Å². The second-order valence-electron chi connectivity index (χ2n) is 7.12. The van der Waals surface area contributed by atoms with Crippen LogP contribution < -0.4 is 5.32 Å². The first-order chi connectivity index (χ1) is 15.7. The number of benzene rings is 2. The van der Waals surface area contributed by atoms with Crippen LogP contribution in [0.2, 0.25) is 0 Å². The third kappa shape index (κ3) is 4.15. The van der Waals surface area contributed by atoms with E-state index in [4.69, 9.17) is 4.99 Å². The number of rotatable bonds is 4. The molecule has 0 unspecified atom stereocenters. The maximum atomic E-state index is 13.5. The van der Waals surface area contributed by atoms with Crippen molar-refractivity contribution in [3.63, 3.8) is 0 Å². The monoisotopic (exact) mass is 440 g/mol. The van der Waals surface area contributed by atoms with E-state index in [9.17, 15) is 9.18 Å². The zero-order valence-corrected chi connectivity index (χ0v) is 17.6. The van der Waals surface area contributed by atoms with Crippen molar-refractivity contribution in [2.24, 2.45) is 4.99 Å². The van der Waals surface area contributed by atoms with E-state index in [-0.39, 0.29) is 11.7 Å². The van der Waals surface area contributed by atoms with Crippen LogP contribution in [0.5, 0.6) is 0 Å². The molecule has 3 heterocycles. The normalized spacial score (nSPS) is 12.2. The SMILES string of the molecule is O=C(NCc1ccccn1)c1cnc2c(c1)N=C(c1ccc(F)cc1)c1ccccc1S2. The van der Waals surface area contributed by atoms with Crippen molar-refractivity contribution < 1.29 is 9.18 Å². The summed E-state index contributed by atoms with van der Waals surface area (Å²) in [6, 6.07) is 21.4. The Morgan fingerprint density at radius 2 is 1.78 bits per heavy atom. The van der Waals surface area contributed by atoms with E-state index in [1.54, 1.807) is 30.6 Å². The van der Waals surface area contributed by atoms with Gasteiger partial charge >= 0.3 is 0 Å². The van der Waals surface area contributed by atoms with Crippen LogP contribution >= 0.6 is 11.8 Å². The molecule has 0 saturated carbocycles. The van der Waals surface area contributed by atoms with Crippen LogP contribution in [0.15, 0.2) is 100 Å². The number of pyridine rings is 2. The minimum Gasteiger partial charge on any atom is -0.346 e. The van der Waals surface area contributed by atoms with Gasteiger partial charge in [-0.15, -0.1) is 0 Å². The lowest BCUT2D eigenvalue weighted by Gasteiger charge is -2.08. The number of carbonyl (C=O) groups excluding carboxylic acids is 1. The maximum absolute atomic E-state index is 13.5. The first-order valence-corrected chi connectivity index (χ1v) is 10.8. The average Bonchev–Trinajstić information content (AvgIpc) is 3.00. The number of fused-ring (bicyclic) bond motifs is 2. The molecule has 1 amide bonds. The van der Waals surface area contributed by atoms with Crippen LogP contribution in [0.3, 0.4) is 0 Å². The fraction of sp³-hybridized carbons (Fsp3) is 0.0400. The van der Waals surface area contributed by atoms with Crippen LogP contribution in [0, 0.1) is 5.82 Å². The van der Waals surface area contributed by atoms with Gasteiger partial charge in [-0.2, -0.15) is 0 Å². The van der Waals surface area contributed by atoms with Gasteiger partial charge in [0.25, 0.3) is 5.91 Å². The summed E-state index contributed by atoms with van der Waals surface area (Å²) in [6.45, 7) is 0.320. The quantitative estimate of drug-likeness (QED) is 0.418. The molecule has 1 aliphatic heterocycles. The molecule has 0 aliphatic carbocycles. The van der Waals surface area contributed by atoms with Gasteiger partial charge in [-0.25, -0.2) is 14.4 Å². The van der Waals surface area contributed by atoms with E-state index in [1.165, 1.54) is 23.9 Å². The zero-order chi connectivity index (χ0) is 21.9. The van der Waals surface area contributed by atoms with Gasteiger partial charge in [0.15, 0.2) is 0 Å². The van der Waals surface area contributed by atoms with E-state index in [1.807, 2.05) is 42.5 Å².